The van der Waals surface area contributed by atoms with E-state index in [1.807, 2.05) is 0 Å². The molecule has 1 nitrogen and oxygen atoms in total. The normalized spacial score (nSPS) is 18.6. The summed E-state index contributed by atoms with van der Waals surface area (Å²) in [5.74, 6) is 0.148. The predicted octanol–water partition coefficient (Wildman–Crippen LogP) is 4.66. The van der Waals surface area contributed by atoms with Gasteiger partial charge in [-0.15, -0.1) is 0 Å². The van der Waals surface area contributed by atoms with Gasteiger partial charge in [0.15, 0.2) is 5.78 Å². The Morgan fingerprint density at radius 2 is 1.88 bits per heavy atom. The molecule has 0 bridgehead atoms. The van der Waals surface area contributed by atoms with Gasteiger partial charge in [0.05, 0.1) is 0 Å². The Morgan fingerprint density at radius 1 is 1.24 bits per heavy atom. The zero-order valence-electron chi connectivity index (χ0n) is 10.3. The van der Waals surface area contributed by atoms with Gasteiger partial charge < -0.3 is 0 Å². The highest BCUT2D eigenvalue weighted by Gasteiger charge is 2.24. The van der Waals surface area contributed by atoms with Crippen molar-refractivity contribution in [2.45, 2.75) is 33.1 Å². The number of rotatable bonds is 2. The minimum atomic E-state index is 0.148. The second-order valence-corrected chi connectivity index (χ2v) is 5.78. The first-order chi connectivity index (χ1) is 7.98. The van der Waals surface area contributed by atoms with Crippen molar-refractivity contribution in [1.29, 1.82) is 0 Å². The molecule has 1 aliphatic rings. The van der Waals surface area contributed by atoms with E-state index < -0.39 is 0 Å². The fraction of sp³-hybridized carbons (Fsp3) is 0.400. The summed E-state index contributed by atoms with van der Waals surface area (Å²) in [6.07, 6.45) is 5.28. The van der Waals surface area contributed by atoms with Crippen LogP contribution in [0.1, 0.15) is 43.5 Å². The molecule has 1 aromatic rings. The summed E-state index contributed by atoms with van der Waals surface area (Å²) < 4.78 is 0. The summed E-state index contributed by atoms with van der Waals surface area (Å²) in [6, 6.07) is 7.13. The lowest BCUT2D eigenvalue weighted by molar-refractivity contribution is 0.102. The van der Waals surface area contributed by atoms with Crippen molar-refractivity contribution >= 4 is 17.4 Å². The smallest absolute Gasteiger partial charge is 0.188 e. The second-order valence-electron chi connectivity index (χ2n) is 5.35. The SMILES string of the molecule is CC1(C)C=C(C(=O)c2ccc(Cl)cc2)CCC1. The maximum Gasteiger partial charge on any atom is 0.188 e. The number of ketones is 1. The van der Waals surface area contributed by atoms with Gasteiger partial charge in [-0.25, -0.2) is 0 Å². The van der Waals surface area contributed by atoms with Crippen molar-refractivity contribution in [2.75, 3.05) is 0 Å². The minimum absolute atomic E-state index is 0.148. The lowest BCUT2D eigenvalue weighted by Gasteiger charge is -2.26. The summed E-state index contributed by atoms with van der Waals surface area (Å²) in [4.78, 5) is 12.3. The van der Waals surface area contributed by atoms with Crippen LogP contribution in [-0.4, -0.2) is 5.78 Å². The third kappa shape index (κ3) is 2.98. The lowest BCUT2D eigenvalue weighted by Crippen LogP contribution is -2.17. The van der Waals surface area contributed by atoms with E-state index in [1.54, 1.807) is 24.3 Å². The van der Waals surface area contributed by atoms with Crippen LogP contribution in [0.2, 0.25) is 5.02 Å². The monoisotopic (exact) mass is 248 g/mol. The number of Topliss-reactive ketones (excluding diaryl/α,β-unsaturated/α-hetero) is 1. The average molecular weight is 249 g/mol. The maximum absolute atomic E-state index is 12.3. The Morgan fingerprint density at radius 3 is 2.47 bits per heavy atom. The molecular formula is C15H17ClO. The quantitative estimate of drug-likeness (QED) is 0.696. The zero-order valence-corrected chi connectivity index (χ0v) is 11.1. The molecule has 0 aliphatic heterocycles. The summed E-state index contributed by atoms with van der Waals surface area (Å²) in [5, 5.41) is 0.666. The van der Waals surface area contributed by atoms with E-state index in [9.17, 15) is 4.79 Å². The number of carbonyl (C=O) groups is 1. The summed E-state index contributed by atoms with van der Waals surface area (Å²) in [7, 11) is 0. The van der Waals surface area contributed by atoms with E-state index >= 15 is 0 Å². The maximum atomic E-state index is 12.3. The van der Waals surface area contributed by atoms with E-state index in [1.165, 1.54) is 0 Å². The number of benzene rings is 1. The van der Waals surface area contributed by atoms with Crippen LogP contribution in [0.15, 0.2) is 35.9 Å². The van der Waals surface area contributed by atoms with Crippen LogP contribution in [0.3, 0.4) is 0 Å². The van der Waals surface area contributed by atoms with Gasteiger partial charge in [-0.2, -0.15) is 0 Å². The van der Waals surface area contributed by atoms with Crippen LogP contribution in [0.25, 0.3) is 0 Å². The molecule has 0 spiro atoms. The molecule has 0 saturated heterocycles. The fourth-order valence-corrected chi connectivity index (χ4v) is 2.44. The van der Waals surface area contributed by atoms with Gasteiger partial charge in [0.25, 0.3) is 0 Å². The van der Waals surface area contributed by atoms with Crippen molar-refractivity contribution in [3.05, 3.63) is 46.5 Å². The topological polar surface area (TPSA) is 17.1 Å². The van der Waals surface area contributed by atoms with Crippen LogP contribution < -0.4 is 0 Å². The molecule has 90 valence electrons. The van der Waals surface area contributed by atoms with Crippen LogP contribution in [-0.2, 0) is 0 Å². The minimum Gasteiger partial charge on any atom is -0.289 e. The standard InChI is InChI=1S/C15H17ClO/c1-15(2)9-3-4-12(10-15)14(17)11-5-7-13(16)8-6-11/h5-8,10H,3-4,9H2,1-2H3. The molecule has 0 aromatic heterocycles. The van der Waals surface area contributed by atoms with Gasteiger partial charge in [0.1, 0.15) is 0 Å². The lowest BCUT2D eigenvalue weighted by atomic mass is 9.78. The van der Waals surface area contributed by atoms with Gasteiger partial charge in [-0.3, -0.25) is 4.79 Å². The Kier molecular flexibility index (Phi) is 3.39. The average Bonchev–Trinajstić information content (AvgIpc) is 2.28. The highest BCUT2D eigenvalue weighted by molar-refractivity contribution is 6.30. The molecule has 17 heavy (non-hydrogen) atoms. The zero-order chi connectivity index (χ0) is 12.5. The summed E-state index contributed by atoms with van der Waals surface area (Å²) in [5.41, 5.74) is 1.83. The van der Waals surface area contributed by atoms with Crippen LogP contribution in [0.5, 0.6) is 0 Å². The first kappa shape index (κ1) is 12.4. The van der Waals surface area contributed by atoms with Crippen molar-refractivity contribution < 1.29 is 4.79 Å². The number of halogens is 1. The Labute approximate surface area is 107 Å². The first-order valence-corrected chi connectivity index (χ1v) is 6.38. The fourth-order valence-electron chi connectivity index (χ4n) is 2.32. The number of hydrogen-bond acceptors (Lipinski definition) is 1. The van der Waals surface area contributed by atoms with E-state index in [2.05, 4.69) is 19.9 Å². The molecular weight excluding hydrogens is 232 g/mol. The molecule has 0 unspecified atom stereocenters. The van der Waals surface area contributed by atoms with Crippen LogP contribution >= 0.6 is 11.6 Å². The predicted molar refractivity (Wildman–Crippen MR) is 71.5 cm³/mol. The van der Waals surface area contributed by atoms with Crippen molar-refractivity contribution in [2.24, 2.45) is 5.41 Å². The number of carbonyl (C=O) groups excluding carboxylic acids is 1. The van der Waals surface area contributed by atoms with Crippen LogP contribution in [0.4, 0.5) is 0 Å². The molecule has 0 heterocycles. The molecule has 0 radical (unpaired) electrons. The van der Waals surface area contributed by atoms with Gasteiger partial charge in [0.2, 0.25) is 0 Å². The molecule has 0 amide bonds. The van der Waals surface area contributed by atoms with Gasteiger partial charge in [-0.1, -0.05) is 31.5 Å². The number of allylic oxidation sites excluding steroid dienone is 2. The highest BCUT2D eigenvalue weighted by atomic mass is 35.5. The van der Waals surface area contributed by atoms with Crippen molar-refractivity contribution in [1.82, 2.24) is 0 Å². The Bertz CT molecular complexity index is 454. The third-order valence-electron chi connectivity index (χ3n) is 3.23. The van der Waals surface area contributed by atoms with Gasteiger partial charge in [0, 0.05) is 10.6 Å². The van der Waals surface area contributed by atoms with Crippen molar-refractivity contribution in [3.63, 3.8) is 0 Å². The summed E-state index contributed by atoms with van der Waals surface area (Å²) in [6.45, 7) is 4.36. The third-order valence-corrected chi connectivity index (χ3v) is 3.48. The molecule has 1 aliphatic carbocycles. The summed E-state index contributed by atoms with van der Waals surface area (Å²) >= 11 is 5.82. The van der Waals surface area contributed by atoms with Crippen molar-refractivity contribution in [3.8, 4) is 0 Å². The molecule has 0 fully saturated rings. The van der Waals surface area contributed by atoms with E-state index in [0.29, 0.717) is 5.02 Å². The van der Waals surface area contributed by atoms with E-state index in [0.717, 1.165) is 30.4 Å². The van der Waals surface area contributed by atoms with E-state index in [4.69, 9.17) is 11.6 Å². The van der Waals surface area contributed by atoms with Gasteiger partial charge in [-0.05, 0) is 54.5 Å². The molecule has 1 aromatic carbocycles. The molecule has 2 heteroatoms. The number of hydrogen-bond donors (Lipinski definition) is 0. The molecule has 2 rings (SSSR count). The Hall–Kier alpha value is -1.08. The molecule has 0 N–H and O–H groups in total. The van der Waals surface area contributed by atoms with Crippen LogP contribution in [0, 0.1) is 5.41 Å². The highest BCUT2D eigenvalue weighted by Crippen LogP contribution is 2.34. The molecule has 0 atom stereocenters. The Balaban J connectivity index is 2.26. The van der Waals surface area contributed by atoms with E-state index in [-0.39, 0.29) is 11.2 Å². The van der Waals surface area contributed by atoms with Gasteiger partial charge >= 0.3 is 0 Å². The second kappa shape index (κ2) is 4.66. The first-order valence-electron chi connectivity index (χ1n) is 6.00. The molecule has 0 saturated carbocycles. The largest absolute Gasteiger partial charge is 0.289 e.